The Kier molecular flexibility index (Phi) is 2.50. The first kappa shape index (κ1) is 7.80. The third-order valence-electron chi connectivity index (χ3n) is 1.46. The van der Waals surface area contributed by atoms with Gasteiger partial charge < -0.3 is 5.73 Å². The topological polar surface area (TPSA) is 26.0 Å². The lowest BCUT2D eigenvalue weighted by Crippen LogP contribution is -2.23. The fourth-order valence-corrected chi connectivity index (χ4v) is 1.60. The van der Waals surface area contributed by atoms with Crippen molar-refractivity contribution in [2.75, 3.05) is 0 Å². The molecule has 1 unspecified atom stereocenters. The number of allylic oxidation sites excluding steroid dienone is 2. The van der Waals surface area contributed by atoms with Crippen LogP contribution in [0.5, 0.6) is 0 Å². The minimum atomic E-state index is 0.124. The first-order chi connectivity index (χ1) is 4.72. The third kappa shape index (κ3) is 1.60. The van der Waals surface area contributed by atoms with Crippen molar-refractivity contribution in [2.24, 2.45) is 5.73 Å². The maximum absolute atomic E-state index is 5.69. The second-order valence-corrected chi connectivity index (χ2v) is 3.34. The number of halogens is 1. The Morgan fingerprint density at radius 2 is 2.50 bits per heavy atom. The van der Waals surface area contributed by atoms with Crippen LogP contribution in [0.1, 0.15) is 6.92 Å². The number of hydrogen-bond donors (Lipinski definition) is 1. The number of alkyl halides is 1. The molecular formula is C8H10BrN. The van der Waals surface area contributed by atoms with Gasteiger partial charge in [0.25, 0.3) is 0 Å². The lowest BCUT2D eigenvalue weighted by atomic mass is 10.0. The summed E-state index contributed by atoms with van der Waals surface area (Å²) < 4.78 is 0. The van der Waals surface area contributed by atoms with Gasteiger partial charge in [-0.2, -0.15) is 0 Å². The molecule has 2 N–H and O–H groups in total. The van der Waals surface area contributed by atoms with Crippen LogP contribution in [0.4, 0.5) is 0 Å². The van der Waals surface area contributed by atoms with Crippen LogP contribution >= 0.6 is 15.9 Å². The Morgan fingerprint density at radius 1 is 1.80 bits per heavy atom. The van der Waals surface area contributed by atoms with Gasteiger partial charge in [0.2, 0.25) is 0 Å². The van der Waals surface area contributed by atoms with Crippen molar-refractivity contribution in [1.82, 2.24) is 0 Å². The quantitative estimate of drug-likeness (QED) is 0.506. The summed E-state index contributed by atoms with van der Waals surface area (Å²) in [6.07, 6.45) is 5.85. The SMILES string of the molecule is C[C@H](N)C1=CC=C=CC1Br. The molecule has 0 aromatic heterocycles. The second-order valence-electron chi connectivity index (χ2n) is 2.36. The summed E-state index contributed by atoms with van der Waals surface area (Å²) in [5.74, 6) is 0. The van der Waals surface area contributed by atoms with Crippen molar-refractivity contribution in [1.29, 1.82) is 0 Å². The van der Waals surface area contributed by atoms with E-state index >= 15 is 0 Å². The van der Waals surface area contributed by atoms with E-state index in [1.54, 1.807) is 0 Å². The minimum Gasteiger partial charge on any atom is -0.324 e. The van der Waals surface area contributed by atoms with E-state index < -0.39 is 0 Å². The predicted octanol–water partition coefficient (Wildman–Crippen LogP) is 1.75. The Balaban J connectivity index is 2.80. The molecule has 0 amide bonds. The summed E-state index contributed by atoms with van der Waals surface area (Å²) >= 11 is 3.47. The van der Waals surface area contributed by atoms with Crippen molar-refractivity contribution >= 4 is 15.9 Å². The van der Waals surface area contributed by atoms with Gasteiger partial charge in [0, 0.05) is 6.04 Å². The normalized spacial score (nSPS) is 26.3. The van der Waals surface area contributed by atoms with E-state index in [1.807, 2.05) is 25.2 Å². The summed E-state index contributed by atoms with van der Waals surface area (Å²) in [7, 11) is 0. The van der Waals surface area contributed by atoms with Crippen LogP contribution < -0.4 is 5.73 Å². The number of nitrogens with two attached hydrogens (primary N) is 1. The first-order valence-corrected chi connectivity index (χ1v) is 4.15. The van der Waals surface area contributed by atoms with E-state index in [0.717, 1.165) is 0 Å². The van der Waals surface area contributed by atoms with Gasteiger partial charge >= 0.3 is 0 Å². The molecule has 0 spiro atoms. The van der Waals surface area contributed by atoms with Crippen LogP contribution in [0.25, 0.3) is 0 Å². The molecule has 54 valence electrons. The molecule has 0 saturated heterocycles. The molecule has 0 aromatic carbocycles. The van der Waals surface area contributed by atoms with Crippen LogP contribution in [0, 0.1) is 0 Å². The number of rotatable bonds is 1. The second kappa shape index (κ2) is 3.20. The van der Waals surface area contributed by atoms with Crippen LogP contribution in [0.15, 0.2) is 29.5 Å². The van der Waals surface area contributed by atoms with Crippen LogP contribution in [0.2, 0.25) is 0 Å². The summed E-state index contributed by atoms with van der Waals surface area (Å²) in [4.78, 5) is 0.275. The summed E-state index contributed by atoms with van der Waals surface area (Å²) in [6, 6.07) is 0.124. The molecule has 0 heterocycles. The van der Waals surface area contributed by atoms with E-state index in [9.17, 15) is 0 Å². The van der Waals surface area contributed by atoms with Gasteiger partial charge in [-0.1, -0.05) is 22.0 Å². The average Bonchev–Trinajstić information content (AvgIpc) is 1.88. The first-order valence-electron chi connectivity index (χ1n) is 3.24. The van der Waals surface area contributed by atoms with E-state index in [1.165, 1.54) is 5.57 Å². The molecule has 1 rings (SSSR count). The van der Waals surface area contributed by atoms with Crippen LogP contribution in [0.3, 0.4) is 0 Å². The lowest BCUT2D eigenvalue weighted by Gasteiger charge is -2.14. The van der Waals surface area contributed by atoms with E-state index in [0.29, 0.717) is 0 Å². The van der Waals surface area contributed by atoms with Crippen molar-refractivity contribution in [3.8, 4) is 0 Å². The van der Waals surface area contributed by atoms with E-state index in [4.69, 9.17) is 5.73 Å². The van der Waals surface area contributed by atoms with Gasteiger partial charge in [0.15, 0.2) is 0 Å². The smallest absolute Gasteiger partial charge is 0.0627 e. The molecule has 1 nitrogen and oxygen atoms in total. The van der Waals surface area contributed by atoms with Crippen molar-refractivity contribution in [2.45, 2.75) is 17.8 Å². The molecule has 2 heteroatoms. The molecule has 1 aliphatic rings. The number of hydrogen-bond acceptors (Lipinski definition) is 1. The molecule has 10 heavy (non-hydrogen) atoms. The highest BCUT2D eigenvalue weighted by atomic mass is 79.9. The highest BCUT2D eigenvalue weighted by Gasteiger charge is 2.11. The Morgan fingerprint density at radius 3 is 2.90 bits per heavy atom. The maximum atomic E-state index is 5.69. The molecule has 0 radical (unpaired) electrons. The van der Waals surface area contributed by atoms with Gasteiger partial charge in [-0.15, -0.1) is 5.73 Å². The molecule has 2 atom stereocenters. The van der Waals surface area contributed by atoms with E-state index in [-0.39, 0.29) is 10.9 Å². The molecular weight excluding hydrogens is 190 g/mol. The Bertz CT molecular complexity index is 209. The molecule has 0 bridgehead atoms. The van der Waals surface area contributed by atoms with Crippen molar-refractivity contribution in [3.63, 3.8) is 0 Å². The van der Waals surface area contributed by atoms with Gasteiger partial charge in [-0.25, -0.2) is 0 Å². The Hall–Kier alpha value is -0.300. The van der Waals surface area contributed by atoms with Gasteiger partial charge in [0.1, 0.15) is 0 Å². The van der Waals surface area contributed by atoms with Crippen molar-refractivity contribution in [3.05, 3.63) is 29.5 Å². The predicted molar refractivity (Wildman–Crippen MR) is 47.1 cm³/mol. The highest BCUT2D eigenvalue weighted by Crippen LogP contribution is 2.18. The van der Waals surface area contributed by atoms with Crippen molar-refractivity contribution < 1.29 is 0 Å². The Labute approximate surface area is 69.4 Å². The summed E-state index contributed by atoms with van der Waals surface area (Å²) in [5, 5.41) is 0. The molecule has 0 aromatic rings. The maximum Gasteiger partial charge on any atom is 0.0627 e. The fourth-order valence-electron chi connectivity index (χ4n) is 0.875. The third-order valence-corrected chi connectivity index (χ3v) is 2.25. The van der Waals surface area contributed by atoms with Gasteiger partial charge in [-0.05, 0) is 24.6 Å². The standard InChI is InChI=1S/C8H10BrN/c1-6(10)7-4-2-3-5-8(7)9/h2,4-6,8H,10H2,1H3/t6-,8?/m0/s1. The zero-order valence-corrected chi connectivity index (χ0v) is 7.43. The highest BCUT2D eigenvalue weighted by molar-refractivity contribution is 9.09. The molecule has 0 fully saturated rings. The zero-order valence-electron chi connectivity index (χ0n) is 5.84. The monoisotopic (exact) mass is 199 g/mol. The van der Waals surface area contributed by atoms with E-state index in [2.05, 4.69) is 21.7 Å². The van der Waals surface area contributed by atoms with Gasteiger partial charge in [0.05, 0.1) is 4.83 Å². The molecule has 0 saturated carbocycles. The fraction of sp³-hybridized carbons (Fsp3) is 0.375. The lowest BCUT2D eigenvalue weighted by molar-refractivity contribution is 0.841. The van der Waals surface area contributed by atoms with Crippen LogP contribution in [-0.2, 0) is 0 Å². The largest absolute Gasteiger partial charge is 0.324 e. The summed E-state index contributed by atoms with van der Waals surface area (Å²) in [5.41, 5.74) is 9.89. The summed E-state index contributed by atoms with van der Waals surface area (Å²) in [6.45, 7) is 1.98. The van der Waals surface area contributed by atoms with Crippen LogP contribution in [-0.4, -0.2) is 10.9 Å². The average molecular weight is 200 g/mol. The molecule has 1 aliphatic carbocycles. The minimum absolute atomic E-state index is 0.124. The molecule has 0 aliphatic heterocycles. The van der Waals surface area contributed by atoms with Gasteiger partial charge in [-0.3, -0.25) is 0 Å². The zero-order chi connectivity index (χ0) is 7.56.